The quantitative estimate of drug-likeness (QED) is 0.590. The Kier molecular flexibility index (Phi) is 6.15. The average Bonchev–Trinajstić information content (AvgIpc) is 3.08. The monoisotopic (exact) mass is 412 g/mol. The van der Waals surface area contributed by atoms with Crippen molar-refractivity contribution in [1.29, 1.82) is 0 Å². The van der Waals surface area contributed by atoms with Crippen LogP contribution in [-0.4, -0.2) is 48.9 Å². The minimum atomic E-state index is -1.10. The molecule has 0 saturated carbocycles. The summed E-state index contributed by atoms with van der Waals surface area (Å²) in [7, 11) is 6.23. The molecule has 0 fully saturated rings. The smallest absolute Gasteiger partial charge is 0.326 e. The third kappa shape index (κ3) is 3.89. The fourth-order valence-electron chi connectivity index (χ4n) is 3.48. The van der Waals surface area contributed by atoms with Gasteiger partial charge in [0.15, 0.2) is 11.5 Å². The summed E-state index contributed by atoms with van der Waals surface area (Å²) in [6, 6.07) is 11.5. The lowest BCUT2D eigenvalue weighted by atomic mass is 10.1. The molecule has 2 aromatic carbocycles. The molecule has 1 aromatic heterocycles. The van der Waals surface area contributed by atoms with E-state index in [0.717, 1.165) is 5.56 Å². The Morgan fingerprint density at radius 1 is 1.03 bits per heavy atom. The van der Waals surface area contributed by atoms with Crippen LogP contribution in [0.3, 0.4) is 0 Å². The van der Waals surface area contributed by atoms with E-state index in [-0.39, 0.29) is 12.1 Å². The molecule has 0 bridgehead atoms. The number of nitrogens with one attached hydrogen (secondary N) is 1. The first-order valence-corrected chi connectivity index (χ1v) is 9.27. The molecular weight excluding hydrogens is 388 g/mol. The summed E-state index contributed by atoms with van der Waals surface area (Å²) < 4.78 is 17.9. The number of ether oxygens (including phenoxy) is 3. The standard InChI is InChI=1S/C22H24N2O6/c1-24-16(11-14-12-17(28-2)19(29-3)20(30-4)18(14)24)21(25)23-15(22(26)27)10-13-8-6-5-7-9-13/h5-9,11-12,15H,10H2,1-4H3,(H,23,25)(H,26,27). The molecule has 0 aliphatic rings. The fourth-order valence-corrected chi connectivity index (χ4v) is 3.48. The number of carbonyl (C=O) groups is 2. The van der Waals surface area contributed by atoms with E-state index >= 15 is 0 Å². The summed E-state index contributed by atoms with van der Waals surface area (Å²) in [5, 5.41) is 12.9. The first-order chi connectivity index (χ1) is 14.4. The number of fused-ring (bicyclic) bond motifs is 1. The van der Waals surface area contributed by atoms with Crippen molar-refractivity contribution in [3.63, 3.8) is 0 Å². The van der Waals surface area contributed by atoms with E-state index in [2.05, 4.69) is 5.32 Å². The lowest BCUT2D eigenvalue weighted by Gasteiger charge is -2.16. The van der Waals surface area contributed by atoms with E-state index in [1.54, 1.807) is 23.7 Å². The molecule has 8 heteroatoms. The van der Waals surface area contributed by atoms with Crippen LogP contribution in [0, 0.1) is 0 Å². The minimum Gasteiger partial charge on any atom is -0.493 e. The van der Waals surface area contributed by atoms with Gasteiger partial charge in [-0.15, -0.1) is 0 Å². The molecule has 0 saturated heterocycles. The van der Waals surface area contributed by atoms with Gasteiger partial charge in [0.2, 0.25) is 5.75 Å². The number of nitrogens with zero attached hydrogens (tertiary/aromatic N) is 1. The summed E-state index contributed by atoms with van der Waals surface area (Å²) in [4.78, 5) is 24.7. The molecule has 30 heavy (non-hydrogen) atoms. The molecule has 8 nitrogen and oxygen atoms in total. The minimum absolute atomic E-state index is 0.177. The number of carboxylic acids is 1. The van der Waals surface area contributed by atoms with Crippen LogP contribution in [0.5, 0.6) is 17.2 Å². The van der Waals surface area contributed by atoms with E-state index in [9.17, 15) is 14.7 Å². The predicted molar refractivity (Wildman–Crippen MR) is 112 cm³/mol. The number of hydrogen-bond acceptors (Lipinski definition) is 5. The predicted octanol–water partition coefficient (Wildman–Crippen LogP) is 2.63. The molecule has 0 aliphatic heterocycles. The zero-order valence-corrected chi connectivity index (χ0v) is 17.3. The number of carbonyl (C=O) groups excluding carboxylic acids is 1. The summed E-state index contributed by atoms with van der Waals surface area (Å²) >= 11 is 0. The first-order valence-electron chi connectivity index (χ1n) is 9.27. The highest BCUT2D eigenvalue weighted by molar-refractivity contribution is 6.02. The van der Waals surface area contributed by atoms with Crippen LogP contribution < -0.4 is 19.5 Å². The third-order valence-corrected chi connectivity index (χ3v) is 4.94. The van der Waals surface area contributed by atoms with Crippen molar-refractivity contribution in [2.24, 2.45) is 7.05 Å². The van der Waals surface area contributed by atoms with Gasteiger partial charge in [-0.05, 0) is 17.7 Å². The van der Waals surface area contributed by atoms with E-state index in [1.807, 2.05) is 30.3 Å². The largest absolute Gasteiger partial charge is 0.493 e. The van der Waals surface area contributed by atoms with E-state index in [1.165, 1.54) is 21.3 Å². The van der Waals surface area contributed by atoms with E-state index in [4.69, 9.17) is 14.2 Å². The molecule has 0 radical (unpaired) electrons. The highest BCUT2D eigenvalue weighted by atomic mass is 16.5. The Morgan fingerprint density at radius 2 is 1.70 bits per heavy atom. The van der Waals surface area contributed by atoms with Gasteiger partial charge in [0.1, 0.15) is 11.7 Å². The maximum Gasteiger partial charge on any atom is 0.326 e. The van der Waals surface area contributed by atoms with Crippen molar-refractivity contribution in [2.45, 2.75) is 12.5 Å². The molecule has 158 valence electrons. The van der Waals surface area contributed by atoms with Crippen LogP contribution in [-0.2, 0) is 18.3 Å². The Morgan fingerprint density at radius 3 is 2.27 bits per heavy atom. The molecule has 0 aliphatic carbocycles. The van der Waals surface area contributed by atoms with Gasteiger partial charge in [0, 0.05) is 18.9 Å². The average molecular weight is 412 g/mol. The number of hydrogen-bond donors (Lipinski definition) is 2. The second-order valence-corrected chi connectivity index (χ2v) is 6.73. The molecule has 3 rings (SSSR count). The molecule has 3 aromatic rings. The summed E-state index contributed by atoms with van der Waals surface area (Å²) in [5.41, 5.74) is 1.74. The van der Waals surface area contributed by atoms with Crippen molar-refractivity contribution in [1.82, 2.24) is 9.88 Å². The van der Waals surface area contributed by atoms with Gasteiger partial charge >= 0.3 is 5.97 Å². The number of methoxy groups -OCH3 is 3. The molecule has 2 N–H and O–H groups in total. The van der Waals surface area contributed by atoms with Crippen molar-refractivity contribution in [3.8, 4) is 17.2 Å². The van der Waals surface area contributed by atoms with Gasteiger partial charge in [-0.1, -0.05) is 30.3 Å². The Bertz CT molecular complexity index is 1070. The lowest BCUT2D eigenvalue weighted by molar-refractivity contribution is -0.139. The lowest BCUT2D eigenvalue weighted by Crippen LogP contribution is -2.42. The number of aliphatic carboxylic acids is 1. The van der Waals surface area contributed by atoms with Crippen molar-refractivity contribution in [2.75, 3.05) is 21.3 Å². The van der Waals surface area contributed by atoms with Gasteiger partial charge in [-0.2, -0.15) is 0 Å². The summed E-state index contributed by atoms with van der Waals surface area (Å²) in [6.45, 7) is 0. The molecule has 0 spiro atoms. The number of benzene rings is 2. The molecule has 1 amide bonds. The van der Waals surface area contributed by atoms with Crippen molar-refractivity contribution < 1.29 is 28.9 Å². The molecular formula is C22H24N2O6. The number of amides is 1. The number of aromatic nitrogens is 1. The Labute approximate surface area is 174 Å². The number of rotatable bonds is 8. The maximum atomic E-state index is 13.0. The normalized spacial score (nSPS) is 11.7. The van der Waals surface area contributed by atoms with E-state index < -0.39 is 17.9 Å². The molecule has 1 heterocycles. The Hall–Kier alpha value is -3.68. The van der Waals surface area contributed by atoms with Gasteiger partial charge < -0.3 is 29.2 Å². The first kappa shape index (κ1) is 21.0. The molecule has 1 atom stereocenters. The van der Waals surface area contributed by atoms with Crippen LogP contribution in [0.25, 0.3) is 10.9 Å². The molecule has 1 unspecified atom stereocenters. The number of carboxylic acid groups (broad SMARTS) is 1. The fraction of sp³-hybridized carbons (Fsp3) is 0.273. The van der Waals surface area contributed by atoms with Gasteiger partial charge in [0.25, 0.3) is 5.91 Å². The summed E-state index contributed by atoms with van der Waals surface area (Å²) in [5.74, 6) is -0.309. The number of aryl methyl sites for hydroxylation is 1. The second kappa shape index (κ2) is 8.77. The highest BCUT2D eigenvalue weighted by Gasteiger charge is 2.26. The topological polar surface area (TPSA) is 99.0 Å². The van der Waals surface area contributed by atoms with Crippen LogP contribution in [0.2, 0.25) is 0 Å². The van der Waals surface area contributed by atoms with Crippen LogP contribution >= 0.6 is 0 Å². The van der Waals surface area contributed by atoms with Crippen LogP contribution in [0.4, 0.5) is 0 Å². The Balaban J connectivity index is 1.98. The van der Waals surface area contributed by atoms with Crippen LogP contribution in [0.15, 0.2) is 42.5 Å². The zero-order chi connectivity index (χ0) is 21.8. The second-order valence-electron chi connectivity index (χ2n) is 6.73. The van der Waals surface area contributed by atoms with Crippen molar-refractivity contribution in [3.05, 3.63) is 53.7 Å². The SMILES string of the molecule is COc1cc2cc(C(=O)NC(Cc3ccccc3)C(=O)O)n(C)c2c(OC)c1OC. The van der Waals surface area contributed by atoms with Crippen molar-refractivity contribution >= 4 is 22.8 Å². The van der Waals surface area contributed by atoms with E-state index in [0.29, 0.717) is 28.2 Å². The van der Waals surface area contributed by atoms with Gasteiger partial charge in [-0.3, -0.25) is 4.79 Å². The zero-order valence-electron chi connectivity index (χ0n) is 17.3. The maximum absolute atomic E-state index is 13.0. The third-order valence-electron chi connectivity index (χ3n) is 4.94. The van der Waals surface area contributed by atoms with Gasteiger partial charge in [0.05, 0.1) is 26.8 Å². The van der Waals surface area contributed by atoms with Crippen LogP contribution in [0.1, 0.15) is 16.1 Å². The highest BCUT2D eigenvalue weighted by Crippen LogP contribution is 2.44. The van der Waals surface area contributed by atoms with Gasteiger partial charge in [-0.25, -0.2) is 4.79 Å². The summed E-state index contributed by atoms with van der Waals surface area (Å²) in [6.07, 6.45) is 0.177.